The Balaban J connectivity index is 1.61. The van der Waals surface area contributed by atoms with Gasteiger partial charge >= 0.3 is 0 Å². The van der Waals surface area contributed by atoms with E-state index in [1.807, 2.05) is 66.8 Å². The summed E-state index contributed by atoms with van der Waals surface area (Å²) >= 11 is 0. The van der Waals surface area contributed by atoms with Crippen LogP contribution in [-0.2, 0) is 4.74 Å². The van der Waals surface area contributed by atoms with Crippen molar-refractivity contribution in [2.45, 2.75) is 6.92 Å². The monoisotopic (exact) mass is 427 g/mol. The van der Waals surface area contributed by atoms with E-state index in [9.17, 15) is 0 Å². The molecule has 1 heterocycles. The van der Waals surface area contributed by atoms with Gasteiger partial charge in [-0.2, -0.15) is 0 Å². The SMILES string of the molecule is [C-]#[N+]/C(C#N)=C1\C=C(C)OC(/C=C/c2ccc(N(c3ccccc3)c3ccccc3)cc2)=C1. The van der Waals surface area contributed by atoms with E-state index in [2.05, 4.69) is 46.1 Å². The van der Waals surface area contributed by atoms with Gasteiger partial charge in [-0.15, -0.1) is 0 Å². The Kier molecular flexibility index (Phi) is 6.50. The highest BCUT2D eigenvalue weighted by molar-refractivity contribution is 5.77. The van der Waals surface area contributed by atoms with Crippen LogP contribution in [0.4, 0.5) is 17.1 Å². The minimum absolute atomic E-state index is 0.0508. The van der Waals surface area contributed by atoms with Crippen molar-refractivity contribution in [1.82, 2.24) is 0 Å². The molecule has 0 spiro atoms. The summed E-state index contributed by atoms with van der Waals surface area (Å²) in [6.45, 7) is 8.97. The lowest BCUT2D eigenvalue weighted by atomic mass is 10.1. The highest BCUT2D eigenvalue weighted by atomic mass is 16.5. The zero-order valence-corrected chi connectivity index (χ0v) is 18.1. The molecule has 158 valence electrons. The fraction of sp³-hybridized carbons (Fsp3) is 0.0345. The number of anilines is 3. The van der Waals surface area contributed by atoms with Crippen molar-refractivity contribution in [3.05, 3.63) is 143 Å². The number of rotatable bonds is 5. The van der Waals surface area contributed by atoms with Crippen molar-refractivity contribution in [1.29, 1.82) is 5.26 Å². The maximum atomic E-state index is 9.15. The normalized spacial score (nSPS) is 14.4. The summed E-state index contributed by atoms with van der Waals surface area (Å²) in [5, 5.41) is 9.15. The Bertz CT molecular complexity index is 1280. The molecule has 0 aromatic heterocycles. The first-order valence-electron chi connectivity index (χ1n) is 10.5. The van der Waals surface area contributed by atoms with Gasteiger partial charge in [0.2, 0.25) is 0 Å². The molecule has 0 unspecified atom stereocenters. The first-order chi connectivity index (χ1) is 16.2. The van der Waals surface area contributed by atoms with Gasteiger partial charge in [-0.05, 0) is 72.7 Å². The molecule has 3 aromatic carbocycles. The molecule has 0 atom stereocenters. The number of hydrogen-bond acceptors (Lipinski definition) is 3. The molecule has 0 N–H and O–H groups in total. The quantitative estimate of drug-likeness (QED) is 0.310. The van der Waals surface area contributed by atoms with Crippen molar-refractivity contribution in [2.75, 3.05) is 4.90 Å². The van der Waals surface area contributed by atoms with Gasteiger partial charge in [0.15, 0.2) is 0 Å². The highest BCUT2D eigenvalue weighted by Gasteiger charge is 2.12. The number of benzene rings is 3. The third kappa shape index (κ3) is 5.10. The zero-order chi connectivity index (χ0) is 23.0. The van der Waals surface area contributed by atoms with E-state index in [1.165, 1.54) is 0 Å². The van der Waals surface area contributed by atoms with Gasteiger partial charge in [-0.1, -0.05) is 54.6 Å². The highest BCUT2D eigenvalue weighted by Crippen LogP contribution is 2.34. The van der Waals surface area contributed by atoms with Crippen LogP contribution in [-0.4, -0.2) is 0 Å². The average Bonchev–Trinajstić information content (AvgIpc) is 2.86. The third-order valence-electron chi connectivity index (χ3n) is 5.05. The van der Waals surface area contributed by atoms with Gasteiger partial charge in [0, 0.05) is 17.1 Å². The second-order valence-corrected chi connectivity index (χ2v) is 7.36. The Hall–Kier alpha value is -4.80. The van der Waals surface area contributed by atoms with Crippen LogP contribution in [0.5, 0.6) is 0 Å². The van der Waals surface area contributed by atoms with Gasteiger partial charge in [-0.3, -0.25) is 0 Å². The van der Waals surface area contributed by atoms with Crippen molar-refractivity contribution in [3.8, 4) is 6.07 Å². The van der Waals surface area contributed by atoms with Crippen LogP contribution in [0.1, 0.15) is 12.5 Å². The number of hydrogen-bond donors (Lipinski definition) is 0. The van der Waals surface area contributed by atoms with Crippen molar-refractivity contribution >= 4 is 23.1 Å². The van der Waals surface area contributed by atoms with E-state index >= 15 is 0 Å². The Morgan fingerprint density at radius 3 is 1.97 bits per heavy atom. The van der Waals surface area contributed by atoms with Gasteiger partial charge in [0.05, 0.1) is 12.6 Å². The molecule has 4 heteroatoms. The van der Waals surface area contributed by atoms with E-state index in [0.29, 0.717) is 17.1 Å². The molecule has 0 aliphatic carbocycles. The molecule has 0 bridgehead atoms. The van der Waals surface area contributed by atoms with Crippen LogP contribution < -0.4 is 4.90 Å². The van der Waals surface area contributed by atoms with Crippen molar-refractivity contribution in [3.63, 3.8) is 0 Å². The first kappa shape index (κ1) is 21.4. The predicted octanol–water partition coefficient (Wildman–Crippen LogP) is 7.68. The molecule has 0 saturated heterocycles. The molecule has 1 aliphatic heterocycles. The van der Waals surface area contributed by atoms with Crippen LogP contribution in [0, 0.1) is 17.9 Å². The maximum absolute atomic E-state index is 9.15. The second-order valence-electron chi connectivity index (χ2n) is 7.36. The Morgan fingerprint density at radius 2 is 1.42 bits per heavy atom. The van der Waals surface area contributed by atoms with Crippen LogP contribution in [0.25, 0.3) is 10.9 Å². The number of nitrogens with zero attached hydrogens (tertiary/aromatic N) is 3. The van der Waals surface area contributed by atoms with Gasteiger partial charge in [-0.25, -0.2) is 10.1 Å². The smallest absolute Gasteiger partial charge is 0.269 e. The molecule has 0 saturated carbocycles. The second kappa shape index (κ2) is 10.0. The van der Waals surface area contributed by atoms with Crippen LogP contribution in [0.3, 0.4) is 0 Å². The van der Waals surface area contributed by atoms with E-state index in [-0.39, 0.29) is 5.70 Å². The first-order valence-corrected chi connectivity index (χ1v) is 10.5. The summed E-state index contributed by atoms with van der Waals surface area (Å²) in [4.78, 5) is 5.50. The van der Waals surface area contributed by atoms with Crippen LogP contribution >= 0.6 is 0 Å². The molecule has 0 fully saturated rings. The Labute approximate surface area is 194 Å². The minimum Gasteiger partial charge on any atom is -0.462 e. The average molecular weight is 428 g/mol. The van der Waals surface area contributed by atoms with E-state index < -0.39 is 0 Å². The van der Waals surface area contributed by atoms with E-state index in [0.717, 1.165) is 22.6 Å². The number of ether oxygens (including phenoxy) is 1. The van der Waals surface area contributed by atoms with E-state index in [4.69, 9.17) is 16.6 Å². The van der Waals surface area contributed by atoms with Gasteiger partial charge in [0.1, 0.15) is 11.5 Å². The summed E-state index contributed by atoms with van der Waals surface area (Å²) < 4.78 is 5.74. The molecule has 0 radical (unpaired) electrons. The fourth-order valence-corrected chi connectivity index (χ4v) is 3.55. The zero-order valence-electron chi connectivity index (χ0n) is 18.1. The lowest BCUT2D eigenvalue weighted by molar-refractivity contribution is 0.318. The summed E-state index contributed by atoms with van der Waals surface area (Å²) in [6.07, 6.45) is 7.20. The van der Waals surface area contributed by atoms with Gasteiger partial charge in [0.25, 0.3) is 5.70 Å². The largest absolute Gasteiger partial charge is 0.462 e. The molecule has 3 aromatic rings. The third-order valence-corrected chi connectivity index (χ3v) is 5.05. The van der Waals surface area contributed by atoms with E-state index in [1.54, 1.807) is 19.1 Å². The van der Waals surface area contributed by atoms with Crippen molar-refractivity contribution < 1.29 is 4.74 Å². The molecule has 0 amide bonds. The molecule has 1 aliphatic rings. The van der Waals surface area contributed by atoms with Crippen LogP contribution in [0.15, 0.2) is 126 Å². The summed E-state index contributed by atoms with van der Waals surface area (Å²) in [6, 6.07) is 30.7. The van der Waals surface area contributed by atoms with Crippen molar-refractivity contribution in [2.24, 2.45) is 0 Å². The topological polar surface area (TPSA) is 40.6 Å². The standard InChI is InChI=1S/C29H21N3O/c1-22-19-24(29(21-30)31-2)20-28(33-22)18-15-23-13-16-27(17-14-23)32(25-9-5-3-6-10-25)26-11-7-4-8-12-26/h3-20H,1H3/b18-15+,29-24+. The van der Waals surface area contributed by atoms with Crippen LogP contribution in [0.2, 0.25) is 0 Å². The lowest BCUT2D eigenvalue weighted by Gasteiger charge is -2.25. The lowest BCUT2D eigenvalue weighted by Crippen LogP contribution is -2.09. The number of nitriles is 1. The molecule has 4 rings (SSSR count). The molecule has 4 nitrogen and oxygen atoms in total. The number of para-hydroxylation sites is 2. The molecular weight excluding hydrogens is 406 g/mol. The van der Waals surface area contributed by atoms with Gasteiger partial charge < -0.3 is 9.64 Å². The summed E-state index contributed by atoms with van der Waals surface area (Å²) in [7, 11) is 0. The molecule has 33 heavy (non-hydrogen) atoms. The minimum atomic E-state index is 0.0508. The number of allylic oxidation sites excluding steroid dienone is 6. The Morgan fingerprint density at radius 1 is 0.848 bits per heavy atom. The summed E-state index contributed by atoms with van der Waals surface area (Å²) in [5.74, 6) is 1.22. The molecular formula is C29H21N3O. The fourth-order valence-electron chi connectivity index (χ4n) is 3.55. The predicted molar refractivity (Wildman–Crippen MR) is 132 cm³/mol. The maximum Gasteiger partial charge on any atom is 0.269 e. The summed E-state index contributed by atoms with van der Waals surface area (Å²) in [5.41, 5.74) is 4.84.